The molecule has 0 fully saturated rings. The molecule has 2 N–H and O–H groups in total. The standard InChI is InChI=1S/C25H37NO/c1-3-22-13-12-14-23(20-22)24-16-15-21(2)19-25(24)27-18-11-9-7-5-4-6-8-10-17-26/h12-16,19-20H,3-11,17-18,26H2,1-2H3. The molecule has 2 aromatic carbocycles. The summed E-state index contributed by atoms with van der Waals surface area (Å²) in [4.78, 5) is 0. The van der Waals surface area contributed by atoms with Crippen molar-refractivity contribution in [3.05, 3.63) is 53.6 Å². The smallest absolute Gasteiger partial charge is 0.127 e. The molecular formula is C25H37NO. The third-order valence-electron chi connectivity index (χ3n) is 5.14. The first-order valence-corrected chi connectivity index (χ1v) is 10.8. The number of rotatable bonds is 13. The summed E-state index contributed by atoms with van der Waals surface area (Å²) in [5.74, 6) is 1.02. The van der Waals surface area contributed by atoms with Crippen molar-refractivity contribution >= 4 is 0 Å². The summed E-state index contributed by atoms with van der Waals surface area (Å²) >= 11 is 0. The second-order valence-electron chi connectivity index (χ2n) is 7.52. The Labute approximate surface area is 166 Å². The van der Waals surface area contributed by atoms with Crippen molar-refractivity contribution in [3.63, 3.8) is 0 Å². The largest absolute Gasteiger partial charge is 0.493 e. The van der Waals surface area contributed by atoms with Gasteiger partial charge in [0.15, 0.2) is 0 Å². The molecule has 27 heavy (non-hydrogen) atoms. The van der Waals surface area contributed by atoms with E-state index >= 15 is 0 Å². The van der Waals surface area contributed by atoms with E-state index in [9.17, 15) is 0 Å². The van der Waals surface area contributed by atoms with Gasteiger partial charge in [-0.15, -0.1) is 0 Å². The van der Waals surface area contributed by atoms with E-state index in [1.54, 1.807) is 0 Å². The fourth-order valence-corrected chi connectivity index (χ4v) is 3.44. The van der Waals surface area contributed by atoms with Crippen molar-refractivity contribution in [1.82, 2.24) is 0 Å². The minimum absolute atomic E-state index is 0.803. The van der Waals surface area contributed by atoms with E-state index in [2.05, 4.69) is 56.3 Å². The van der Waals surface area contributed by atoms with E-state index in [4.69, 9.17) is 10.5 Å². The zero-order valence-corrected chi connectivity index (χ0v) is 17.3. The second-order valence-corrected chi connectivity index (χ2v) is 7.52. The van der Waals surface area contributed by atoms with Crippen LogP contribution < -0.4 is 10.5 Å². The van der Waals surface area contributed by atoms with E-state index in [1.807, 2.05) is 0 Å². The van der Waals surface area contributed by atoms with Gasteiger partial charge in [-0.2, -0.15) is 0 Å². The van der Waals surface area contributed by atoms with Crippen molar-refractivity contribution in [3.8, 4) is 16.9 Å². The van der Waals surface area contributed by atoms with Crippen LogP contribution in [0, 0.1) is 6.92 Å². The molecule has 0 radical (unpaired) electrons. The molecule has 0 spiro atoms. The monoisotopic (exact) mass is 367 g/mol. The minimum Gasteiger partial charge on any atom is -0.493 e. The zero-order chi connectivity index (χ0) is 19.3. The van der Waals surface area contributed by atoms with E-state index in [0.29, 0.717) is 0 Å². The van der Waals surface area contributed by atoms with Crippen LogP contribution in [-0.2, 0) is 6.42 Å². The summed E-state index contributed by atoms with van der Waals surface area (Å²) in [6.45, 7) is 5.96. The quantitative estimate of drug-likeness (QED) is 0.401. The number of nitrogens with two attached hydrogens (primary N) is 1. The van der Waals surface area contributed by atoms with Gasteiger partial charge in [-0.25, -0.2) is 0 Å². The SMILES string of the molecule is CCc1cccc(-c2ccc(C)cc2OCCCCCCCCCCN)c1. The van der Waals surface area contributed by atoms with Gasteiger partial charge in [-0.3, -0.25) is 0 Å². The highest BCUT2D eigenvalue weighted by Gasteiger charge is 2.07. The van der Waals surface area contributed by atoms with E-state index < -0.39 is 0 Å². The molecular weight excluding hydrogens is 330 g/mol. The van der Waals surface area contributed by atoms with Crippen LogP contribution in [-0.4, -0.2) is 13.2 Å². The first kappa shape index (κ1) is 21.5. The van der Waals surface area contributed by atoms with Crippen molar-refractivity contribution in [1.29, 1.82) is 0 Å². The van der Waals surface area contributed by atoms with Gasteiger partial charge in [-0.05, 0) is 55.5 Å². The van der Waals surface area contributed by atoms with Crippen LogP contribution in [0.25, 0.3) is 11.1 Å². The Bertz CT molecular complexity index is 665. The highest BCUT2D eigenvalue weighted by atomic mass is 16.5. The summed E-state index contributed by atoms with van der Waals surface area (Å²) < 4.78 is 6.19. The van der Waals surface area contributed by atoms with Crippen molar-refractivity contribution in [2.24, 2.45) is 5.73 Å². The second kappa shape index (κ2) is 12.6. The van der Waals surface area contributed by atoms with Crippen LogP contribution in [0.4, 0.5) is 0 Å². The minimum atomic E-state index is 0.803. The van der Waals surface area contributed by atoms with Crippen molar-refractivity contribution < 1.29 is 4.74 Å². The maximum Gasteiger partial charge on any atom is 0.127 e. The number of ether oxygens (including phenoxy) is 1. The van der Waals surface area contributed by atoms with Gasteiger partial charge < -0.3 is 10.5 Å². The molecule has 0 heterocycles. The van der Waals surface area contributed by atoms with Crippen molar-refractivity contribution in [2.45, 2.75) is 71.6 Å². The maximum absolute atomic E-state index is 6.19. The van der Waals surface area contributed by atoms with Crippen LogP contribution >= 0.6 is 0 Å². The third-order valence-corrected chi connectivity index (χ3v) is 5.14. The van der Waals surface area contributed by atoms with Crippen molar-refractivity contribution in [2.75, 3.05) is 13.2 Å². The lowest BCUT2D eigenvalue weighted by atomic mass is 10.00. The molecule has 0 aliphatic carbocycles. The molecule has 2 aromatic rings. The number of hydrogen-bond donors (Lipinski definition) is 1. The summed E-state index contributed by atoms with van der Waals surface area (Å²) in [5.41, 5.74) is 10.6. The number of unbranched alkanes of at least 4 members (excludes halogenated alkanes) is 7. The van der Waals surface area contributed by atoms with Gasteiger partial charge in [0.05, 0.1) is 6.61 Å². The van der Waals surface area contributed by atoms with Crippen LogP contribution in [0.1, 0.15) is 69.4 Å². The first-order valence-electron chi connectivity index (χ1n) is 10.8. The predicted octanol–water partition coefficient (Wildman–Crippen LogP) is 6.68. The number of benzene rings is 2. The van der Waals surface area contributed by atoms with E-state index in [-0.39, 0.29) is 0 Å². The molecule has 0 aliphatic heterocycles. The van der Waals surface area contributed by atoms with Crippen LogP contribution in [0.3, 0.4) is 0 Å². The van der Waals surface area contributed by atoms with Crippen LogP contribution in [0.2, 0.25) is 0 Å². The Morgan fingerprint density at radius 3 is 2.22 bits per heavy atom. The Kier molecular flexibility index (Phi) is 10.0. The zero-order valence-electron chi connectivity index (χ0n) is 17.3. The van der Waals surface area contributed by atoms with Gasteiger partial charge in [0, 0.05) is 5.56 Å². The van der Waals surface area contributed by atoms with E-state index in [0.717, 1.165) is 31.7 Å². The molecule has 0 unspecified atom stereocenters. The van der Waals surface area contributed by atoms with Gasteiger partial charge in [0.1, 0.15) is 5.75 Å². The Balaban J connectivity index is 1.80. The molecule has 0 amide bonds. The molecule has 2 rings (SSSR count). The lowest BCUT2D eigenvalue weighted by molar-refractivity contribution is 0.305. The fourth-order valence-electron chi connectivity index (χ4n) is 3.44. The van der Waals surface area contributed by atoms with Gasteiger partial charge in [0.2, 0.25) is 0 Å². The lowest BCUT2D eigenvalue weighted by Crippen LogP contribution is -2.00. The topological polar surface area (TPSA) is 35.2 Å². The molecule has 148 valence electrons. The normalized spacial score (nSPS) is 10.9. The Morgan fingerprint density at radius 2 is 1.52 bits per heavy atom. The molecule has 2 heteroatoms. The van der Waals surface area contributed by atoms with Gasteiger partial charge in [-0.1, -0.05) is 81.8 Å². The Hall–Kier alpha value is -1.80. The average Bonchev–Trinajstić information content (AvgIpc) is 2.69. The molecule has 0 saturated heterocycles. The molecule has 0 saturated carbocycles. The van der Waals surface area contributed by atoms with Crippen LogP contribution in [0.15, 0.2) is 42.5 Å². The summed E-state index contributed by atoms with van der Waals surface area (Å²) in [5, 5.41) is 0. The highest BCUT2D eigenvalue weighted by molar-refractivity contribution is 5.71. The molecule has 0 aromatic heterocycles. The maximum atomic E-state index is 6.19. The average molecular weight is 368 g/mol. The lowest BCUT2D eigenvalue weighted by Gasteiger charge is -2.13. The van der Waals surface area contributed by atoms with Gasteiger partial charge in [0.25, 0.3) is 0 Å². The first-order chi connectivity index (χ1) is 13.2. The summed E-state index contributed by atoms with van der Waals surface area (Å²) in [7, 11) is 0. The highest BCUT2D eigenvalue weighted by Crippen LogP contribution is 2.32. The van der Waals surface area contributed by atoms with E-state index in [1.165, 1.54) is 67.2 Å². The molecule has 0 atom stereocenters. The molecule has 0 bridgehead atoms. The molecule has 0 aliphatic rings. The van der Waals surface area contributed by atoms with Gasteiger partial charge >= 0.3 is 0 Å². The number of aryl methyl sites for hydroxylation is 2. The third kappa shape index (κ3) is 7.76. The molecule has 2 nitrogen and oxygen atoms in total. The predicted molar refractivity (Wildman–Crippen MR) is 117 cm³/mol. The fraction of sp³-hybridized carbons (Fsp3) is 0.520. The summed E-state index contributed by atoms with van der Waals surface area (Å²) in [6.07, 6.45) is 11.2. The van der Waals surface area contributed by atoms with Crippen LogP contribution in [0.5, 0.6) is 5.75 Å². The summed E-state index contributed by atoms with van der Waals surface area (Å²) in [6, 6.07) is 15.3. The number of hydrogen-bond acceptors (Lipinski definition) is 2. The Morgan fingerprint density at radius 1 is 0.815 bits per heavy atom.